The van der Waals surface area contributed by atoms with Crippen LogP contribution in [0.3, 0.4) is 0 Å². The van der Waals surface area contributed by atoms with Crippen molar-refractivity contribution in [3.05, 3.63) is 6.20 Å². The van der Waals surface area contributed by atoms with Crippen molar-refractivity contribution in [2.75, 3.05) is 23.3 Å². The third-order valence-corrected chi connectivity index (χ3v) is 3.80. The van der Waals surface area contributed by atoms with Crippen LogP contribution in [0.2, 0.25) is 0 Å². The van der Waals surface area contributed by atoms with Crippen molar-refractivity contribution in [1.29, 1.82) is 0 Å². The molecular weight excluding hydrogens is 238 g/mol. The monoisotopic (exact) mass is 263 g/mol. The van der Waals surface area contributed by atoms with E-state index in [0.717, 1.165) is 24.9 Å². The largest absolute Gasteiger partial charge is 0.366 e. The smallest absolute Gasteiger partial charge is 0.247 e. The van der Waals surface area contributed by atoms with E-state index in [2.05, 4.69) is 39.2 Å². The van der Waals surface area contributed by atoms with Crippen LogP contribution in [-0.4, -0.2) is 34.3 Å². The number of nitrogens with zero attached hydrogens (tertiary/aromatic N) is 4. The number of rotatable bonds is 5. The van der Waals surface area contributed by atoms with Gasteiger partial charge in [0.2, 0.25) is 5.95 Å². The van der Waals surface area contributed by atoms with Crippen LogP contribution in [0.25, 0.3) is 0 Å². The molecule has 0 amide bonds. The van der Waals surface area contributed by atoms with Gasteiger partial charge in [0.1, 0.15) is 0 Å². The van der Waals surface area contributed by atoms with E-state index >= 15 is 0 Å². The van der Waals surface area contributed by atoms with E-state index < -0.39 is 0 Å². The van der Waals surface area contributed by atoms with Gasteiger partial charge < -0.3 is 10.2 Å². The number of hydrogen-bond acceptors (Lipinski definition) is 5. The Morgan fingerprint density at radius 1 is 1.16 bits per heavy atom. The summed E-state index contributed by atoms with van der Waals surface area (Å²) in [7, 11) is 0. The molecular formula is C14H25N5. The molecule has 1 heterocycles. The fourth-order valence-corrected chi connectivity index (χ4v) is 2.64. The lowest BCUT2D eigenvalue weighted by Gasteiger charge is -2.20. The average molecular weight is 263 g/mol. The fourth-order valence-electron chi connectivity index (χ4n) is 2.64. The van der Waals surface area contributed by atoms with E-state index in [1.54, 1.807) is 6.20 Å². The van der Waals surface area contributed by atoms with Crippen molar-refractivity contribution in [3.63, 3.8) is 0 Å². The molecule has 0 atom stereocenters. The molecule has 1 aliphatic rings. The van der Waals surface area contributed by atoms with Crippen molar-refractivity contribution in [1.82, 2.24) is 15.2 Å². The van der Waals surface area contributed by atoms with E-state index in [1.807, 2.05) is 0 Å². The zero-order valence-electron chi connectivity index (χ0n) is 12.1. The first-order valence-electron chi connectivity index (χ1n) is 7.54. The van der Waals surface area contributed by atoms with Crippen molar-refractivity contribution >= 4 is 11.8 Å². The first-order chi connectivity index (χ1) is 9.33. The summed E-state index contributed by atoms with van der Waals surface area (Å²) in [5.74, 6) is 1.59. The van der Waals surface area contributed by atoms with Gasteiger partial charge in [0.15, 0.2) is 5.82 Å². The van der Waals surface area contributed by atoms with Gasteiger partial charge in [0.05, 0.1) is 6.20 Å². The maximum Gasteiger partial charge on any atom is 0.247 e. The molecule has 1 aromatic rings. The predicted molar refractivity (Wildman–Crippen MR) is 78.5 cm³/mol. The van der Waals surface area contributed by atoms with Crippen LogP contribution in [0.1, 0.15) is 52.4 Å². The Morgan fingerprint density at radius 3 is 2.47 bits per heavy atom. The molecule has 1 saturated carbocycles. The van der Waals surface area contributed by atoms with E-state index in [4.69, 9.17) is 0 Å². The van der Waals surface area contributed by atoms with Crippen LogP contribution < -0.4 is 10.2 Å². The van der Waals surface area contributed by atoms with Gasteiger partial charge in [0, 0.05) is 19.1 Å². The number of aromatic nitrogens is 3. The predicted octanol–water partition coefficient (Wildman–Crippen LogP) is 2.85. The summed E-state index contributed by atoms with van der Waals surface area (Å²) in [5, 5.41) is 11.7. The summed E-state index contributed by atoms with van der Waals surface area (Å²) in [6.07, 6.45) is 9.58. The van der Waals surface area contributed by atoms with Crippen LogP contribution >= 0.6 is 0 Å². The Labute approximate surface area is 115 Å². The minimum absolute atomic E-state index is 0.545. The summed E-state index contributed by atoms with van der Waals surface area (Å²) in [4.78, 5) is 6.70. The molecule has 0 spiro atoms. The highest BCUT2D eigenvalue weighted by Gasteiger charge is 2.14. The summed E-state index contributed by atoms with van der Waals surface area (Å²) >= 11 is 0. The zero-order chi connectivity index (χ0) is 13.5. The minimum Gasteiger partial charge on any atom is -0.366 e. The van der Waals surface area contributed by atoms with Crippen molar-refractivity contribution in [2.45, 2.75) is 58.4 Å². The molecule has 0 aromatic carbocycles. The van der Waals surface area contributed by atoms with Crippen molar-refractivity contribution in [3.8, 4) is 0 Å². The maximum atomic E-state index is 4.58. The summed E-state index contributed by atoms with van der Waals surface area (Å²) in [5.41, 5.74) is 0. The van der Waals surface area contributed by atoms with Crippen molar-refractivity contribution < 1.29 is 0 Å². The molecule has 0 unspecified atom stereocenters. The topological polar surface area (TPSA) is 53.9 Å². The molecule has 0 bridgehead atoms. The quantitative estimate of drug-likeness (QED) is 0.828. The summed E-state index contributed by atoms with van der Waals surface area (Å²) in [6.45, 7) is 6.03. The summed E-state index contributed by atoms with van der Waals surface area (Å²) < 4.78 is 0. The number of nitrogens with one attached hydrogen (secondary N) is 1. The van der Waals surface area contributed by atoms with Crippen molar-refractivity contribution in [2.24, 2.45) is 0 Å². The summed E-state index contributed by atoms with van der Waals surface area (Å²) in [6, 6.07) is 0.545. The first kappa shape index (κ1) is 14.0. The van der Waals surface area contributed by atoms with E-state index in [1.165, 1.54) is 38.5 Å². The van der Waals surface area contributed by atoms with Gasteiger partial charge in [-0.2, -0.15) is 10.1 Å². The molecule has 1 N–H and O–H groups in total. The van der Waals surface area contributed by atoms with Gasteiger partial charge in [-0.25, -0.2) is 0 Å². The third-order valence-electron chi connectivity index (χ3n) is 3.80. The first-order valence-corrected chi connectivity index (χ1v) is 7.54. The van der Waals surface area contributed by atoms with Gasteiger partial charge in [-0.05, 0) is 26.7 Å². The molecule has 1 aliphatic carbocycles. The second-order valence-electron chi connectivity index (χ2n) is 5.15. The molecule has 1 fully saturated rings. The SMILES string of the molecule is CCN(CC)c1nncc(NC2CCCCCC2)n1. The second kappa shape index (κ2) is 7.26. The minimum atomic E-state index is 0.545. The van der Waals surface area contributed by atoms with Crippen LogP contribution in [0.4, 0.5) is 11.8 Å². The Morgan fingerprint density at radius 2 is 1.84 bits per heavy atom. The van der Waals surface area contributed by atoms with Crippen LogP contribution in [0.5, 0.6) is 0 Å². The highest BCUT2D eigenvalue weighted by Crippen LogP contribution is 2.20. The second-order valence-corrected chi connectivity index (χ2v) is 5.15. The van der Waals surface area contributed by atoms with Crippen LogP contribution in [0.15, 0.2) is 6.20 Å². The van der Waals surface area contributed by atoms with Gasteiger partial charge in [-0.1, -0.05) is 25.7 Å². The maximum absolute atomic E-state index is 4.58. The van der Waals surface area contributed by atoms with Crippen LogP contribution in [0, 0.1) is 0 Å². The molecule has 19 heavy (non-hydrogen) atoms. The molecule has 0 saturated heterocycles. The van der Waals surface area contributed by atoms with Crippen LogP contribution in [-0.2, 0) is 0 Å². The number of anilines is 2. The number of hydrogen-bond donors (Lipinski definition) is 1. The third kappa shape index (κ3) is 4.04. The Balaban J connectivity index is 2.01. The lowest BCUT2D eigenvalue weighted by molar-refractivity contribution is 0.616. The molecule has 5 nitrogen and oxygen atoms in total. The Hall–Kier alpha value is -1.39. The van der Waals surface area contributed by atoms with Gasteiger partial charge in [0.25, 0.3) is 0 Å². The van der Waals surface area contributed by atoms with Gasteiger partial charge in [-0.3, -0.25) is 0 Å². The molecule has 0 radical (unpaired) electrons. The zero-order valence-corrected chi connectivity index (χ0v) is 12.1. The van der Waals surface area contributed by atoms with E-state index in [0.29, 0.717) is 6.04 Å². The molecule has 2 rings (SSSR count). The molecule has 106 valence electrons. The fraction of sp³-hybridized carbons (Fsp3) is 0.786. The van der Waals surface area contributed by atoms with E-state index in [9.17, 15) is 0 Å². The van der Waals surface area contributed by atoms with Gasteiger partial charge in [-0.15, -0.1) is 5.10 Å². The Kier molecular flexibility index (Phi) is 5.36. The highest BCUT2D eigenvalue weighted by atomic mass is 15.3. The average Bonchev–Trinajstić information content (AvgIpc) is 2.69. The highest BCUT2D eigenvalue weighted by molar-refractivity contribution is 5.39. The normalized spacial score (nSPS) is 16.9. The van der Waals surface area contributed by atoms with Gasteiger partial charge >= 0.3 is 0 Å². The molecule has 0 aliphatic heterocycles. The molecule has 1 aromatic heterocycles. The standard InChI is InChI=1S/C14H25N5/c1-3-19(4-2)14-17-13(11-15-18-14)16-12-9-7-5-6-8-10-12/h11-12H,3-10H2,1-2H3,(H,16,17,18). The lowest BCUT2D eigenvalue weighted by atomic mass is 10.1. The Bertz CT molecular complexity index is 370. The lowest BCUT2D eigenvalue weighted by Crippen LogP contribution is -2.26. The van der Waals surface area contributed by atoms with E-state index in [-0.39, 0.29) is 0 Å². The molecule has 5 heteroatoms.